The highest BCUT2D eigenvalue weighted by Gasteiger charge is 2.26. The van der Waals surface area contributed by atoms with Gasteiger partial charge in [-0.3, -0.25) is 14.4 Å². The van der Waals surface area contributed by atoms with E-state index in [1.807, 2.05) is 13.0 Å². The predicted molar refractivity (Wildman–Crippen MR) is 129 cm³/mol. The Morgan fingerprint density at radius 3 is 2.32 bits per heavy atom. The average molecular weight is 477 g/mol. The molecule has 9 nitrogen and oxygen atoms in total. The molecule has 0 bridgehead atoms. The van der Waals surface area contributed by atoms with Crippen molar-refractivity contribution in [3.63, 3.8) is 0 Å². The summed E-state index contributed by atoms with van der Waals surface area (Å²) in [5.41, 5.74) is 2.10. The standard InChI is InChI=1S/C24H20N4O5S/c1-13-5-4-6-17(11-13)27-21(30)19-20(34-24-25-14(2)12-18(29)28(19)24)22(31)26-16-9-7-15(8-10-16)23(32)33-3/h4-12H,1-3H3,(H,26,31)(H,27,30). The number of carbonyl (C=O) groups is 3. The van der Waals surface area contributed by atoms with Crippen LogP contribution in [0.2, 0.25) is 0 Å². The minimum absolute atomic E-state index is 0.0254. The van der Waals surface area contributed by atoms with E-state index in [0.29, 0.717) is 22.6 Å². The monoisotopic (exact) mass is 476 g/mol. The molecule has 4 rings (SSSR count). The van der Waals surface area contributed by atoms with E-state index in [1.165, 1.54) is 25.3 Å². The first-order valence-corrected chi connectivity index (χ1v) is 11.0. The third kappa shape index (κ3) is 4.57. The molecule has 0 saturated carbocycles. The number of ether oxygens (including phenoxy) is 1. The van der Waals surface area contributed by atoms with Crippen LogP contribution in [0.4, 0.5) is 11.4 Å². The number of aromatic nitrogens is 2. The largest absolute Gasteiger partial charge is 0.465 e. The summed E-state index contributed by atoms with van der Waals surface area (Å²) in [7, 11) is 1.28. The first-order chi connectivity index (χ1) is 16.3. The molecule has 2 aromatic carbocycles. The second-order valence-corrected chi connectivity index (χ2v) is 8.46. The van der Waals surface area contributed by atoms with Gasteiger partial charge in [0.25, 0.3) is 17.4 Å². The van der Waals surface area contributed by atoms with E-state index < -0.39 is 23.3 Å². The Hall–Kier alpha value is -4.31. The molecule has 2 aromatic heterocycles. The van der Waals surface area contributed by atoms with E-state index in [2.05, 4.69) is 20.4 Å². The zero-order valence-electron chi connectivity index (χ0n) is 18.5. The Labute approximate surface area is 198 Å². The molecule has 2 amide bonds. The quantitative estimate of drug-likeness (QED) is 0.424. The van der Waals surface area contributed by atoms with Gasteiger partial charge in [0, 0.05) is 23.1 Å². The maximum Gasteiger partial charge on any atom is 0.337 e. The minimum Gasteiger partial charge on any atom is -0.465 e. The summed E-state index contributed by atoms with van der Waals surface area (Å²) in [5.74, 6) is -1.71. The third-order valence-electron chi connectivity index (χ3n) is 4.91. The molecule has 0 fully saturated rings. The van der Waals surface area contributed by atoms with Gasteiger partial charge in [-0.05, 0) is 55.8 Å². The molecular formula is C24H20N4O5S. The first-order valence-electron chi connectivity index (χ1n) is 10.2. The number of thiazole rings is 1. The van der Waals surface area contributed by atoms with Gasteiger partial charge in [-0.25, -0.2) is 14.2 Å². The Kier molecular flexibility index (Phi) is 6.24. The molecule has 0 radical (unpaired) electrons. The van der Waals surface area contributed by atoms with Gasteiger partial charge in [0.2, 0.25) is 0 Å². The summed E-state index contributed by atoms with van der Waals surface area (Å²) in [5, 5.41) is 5.46. The summed E-state index contributed by atoms with van der Waals surface area (Å²) in [6, 6.07) is 14.6. The molecule has 0 aliphatic heterocycles. The van der Waals surface area contributed by atoms with Gasteiger partial charge in [0.15, 0.2) is 4.96 Å². The van der Waals surface area contributed by atoms with Crippen molar-refractivity contribution in [3.8, 4) is 0 Å². The average Bonchev–Trinajstić information content (AvgIpc) is 3.19. The highest BCUT2D eigenvalue weighted by Crippen LogP contribution is 2.24. The molecule has 0 aliphatic rings. The van der Waals surface area contributed by atoms with Crippen molar-refractivity contribution in [1.29, 1.82) is 0 Å². The number of methoxy groups -OCH3 is 1. The van der Waals surface area contributed by atoms with Crippen LogP contribution < -0.4 is 16.2 Å². The molecule has 172 valence electrons. The third-order valence-corrected chi connectivity index (χ3v) is 5.95. The molecule has 4 aromatic rings. The number of nitrogens with zero attached hydrogens (tertiary/aromatic N) is 2. The smallest absolute Gasteiger partial charge is 0.337 e. The number of rotatable bonds is 5. The number of esters is 1. The fraction of sp³-hybridized carbons (Fsp3) is 0.125. The number of carbonyl (C=O) groups excluding carboxylic acids is 3. The van der Waals surface area contributed by atoms with Crippen LogP contribution in [0.5, 0.6) is 0 Å². The second-order valence-electron chi connectivity index (χ2n) is 7.48. The second kappa shape index (κ2) is 9.28. The van der Waals surface area contributed by atoms with E-state index in [0.717, 1.165) is 21.3 Å². The van der Waals surface area contributed by atoms with Crippen LogP contribution in [0.25, 0.3) is 4.96 Å². The van der Waals surface area contributed by atoms with Crippen LogP contribution >= 0.6 is 11.3 Å². The fourth-order valence-corrected chi connectivity index (χ4v) is 4.42. The molecule has 10 heteroatoms. The first kappa shape index (κ1) is 22.9. The predicted octanol–water partition coefficient (Wildman–Crippen LogP) is 3.66. The van der Waals surface area contributed by atoms with Crippen molar-refractivity contribution < 1.29 is 19.1 Å². The Balaban J connectivity index is 1.73. The number of hydrogen-bond donors (Lipinski definition) is 2. The summed E-state index contributed by atoms with van der Waals surface area (Å²) >= 11 is 0.938. The van der Waals surface area contributed by atoms with Gasteiger partial charge in [-0.1, -0.05) is 23.5 Å². The molecule has 0 unspecified atom stereocenters. The lowest BCUT2D eigenvalue weighted by Gasteiger charge is -2.09. The zero-order valence-corrected chi connectivity index (χ0v) is 19.4. The van der Waals surface area contributed by atoms with Crippen molar-refractivity contribution in [1.82, 2.24) is 9.38 Å². The number of fused-ring (bicyclic) bond motifs is 1. The van der Waals surface area contributed by atoms with E-state index in [4.69, 9.17) is 0 Å². The molecule has 0 aliphatic carbocycles. The Morgan fingerprint density at radius 1 is 0.941 bits per heavy atom. The number of anilines is 2. The van der Waals surface area contributed by atoms with E-state index in [9.17, 15) is 19.2 Å². The molecule has 2 N–H and O–H groups in total. The van der Waals surface area contributed by atoms with Crippen molar-refractivity contribution in [3.05, 3.63) is 92.3 Å². The van der Waals surface area contributed by atoms with Crippen molar-refractivity contribution >= 4 is 45.5 Å². The lowest BCUT2D eigenvalue weighted by atomic mass is 10.2. The number of hydrogen-bond acceptors (Lipinski definition) is 7. The van der Waals surface area contributed by atoms with Crippen LogP contribution in [0.15, 0.2) is 59.4 Å². The summed E-state index contributed by atoms with van der Waals surface area (Å²) in [6.07, 6.45) is 0. The molecule has 0 spiro atoms. The van der Waals surface area contributed by atoms with Crippen LogP contribution in [0.1, 0.15) is 41.8 Å². The molecular weight excluding hydrogens is 456 g/mol. The SMILES string of the molecule is COC(=O)c1ccc(NC(=O)c2sc3nc(C)cc(=O)n3c2C(=O)Nc2cccc(C)c2)cc1. The van der Waals surface area contributed by atoms with Crippen molar-refractivity contribution in [2.24, 2.45) is 0 Å². The lowest BCUT2D eigenvalue weighted by molar-refractivity contribution is 0.0600. The highest BCUT2D eigenvalue weighted by atomic mass is 32.1. The van der Waals surface area contributed by atoms with Gasteiger partial charge in [-0.2, -0.15) is 0 Å². The van der Waals surface area contributed by atoms with E-state index >= 15 is 0 Å². The van der Waals surface area contributed by atoms with Gasteiger partial charge in [0.1, 0.15) is 10.6 Å². The van der Waals surface area contributed by atoms with E-state index in [-0.39, 0.29) is 15.5 Å². The van der Waals surface area contributed by atoms with Gasteiger partial charge in [-0.15, -0.1) is 0 Å². The lowest BCUT2D eigenvalue weighted by Crippen LogP contribution is -2.25. The maximum atomic E-state index is 13.2. The summed E-state index contributed by atoms with van der Waals surface area (Å²) < 4.78 is 5.81. The molecule has 2 heterocycles. The topological polar surface area (TPSA) is 119 Å². The van der Waals surface area contributed by atoms with Crippen LogP contribution in [-0.4, -0.2) is 34.3 Å². The number of nitrogens with one attached hydrogen (secondary N) is 2. The van der Waals surface area contributed by atoms with Crippen molar-refractivity contribution in [2.45, 2.75) is 13.8 Å². The molecule has 34 heavy (non-hydrogen) atoms. The van der Waals surface area contributed by atoms with Crippen molar-refractivity contribution in [2.75, 3.05) is 17.7 Å². The Morgan fingerprint density at radius 2 is 1.65 bits per heavy atom. The number of benzene rings is 2. The molecule has 0 saturated heterocycles. The zero-order chi connectivity index (χ0) is 24.4. The van der Waals surface area contributed by atoms with E-state index in [1.54, 1.807) is 37.3 Å². The normalized spacial score (nSPS) is 10.7. The molecule has 0 atom stereocenters. The van der Waals surface area contributed by atoms with Crippen LogP contribution in [0, 0.1) is 13.8 Å². The van der Waals surface area contributed by atoms with Gasteiger partial charge >= 0.3 is 5.97 Å². The minimum atomic E-state index is -0.615. The summed E-state index contributed by atoms with van der Waals surface area (Å²) in [4.78, 5) is 55.3. The van der Waals surface area contributed by atoms with Crippen LogP contribution in [-0.2, 0) is 4.74 Å². The fourth-order valence-electron chi connectivity index (χ4n) is 3.35. The van der Waals surface area contributed by atoms with Gasteiger partial charge in [0.05, 0.1) is 12.7 Å². The summed E-state index contributed by atoms with van der Waals surface area (Å²) in [6.45, 7) is 3.55. The van der Waals surface area contributed by atoms with Crippen LogP contribution in [0.3, 0.4) is 0 Å². The number of amides is 2. The highest BCUT2D eigenvalue weighted by molar-refractivity contribution is 7.19. The maximum absolute atomic E-state index is 13.2. The van der Waals surface area contributed by atoms with Gasteiger partial charge < -0.3 is 15.4 Å². The Bertz CT molecular complexity index is 1490. The number of aryl methyl sites for hydroxylation is 2.